The highest BCUT2D eigenvalue weighted by Crippen LogP contribution is 2.36. The molecule has 2 nitrogen and oxygen atoms in total. The van der Waals surface area contributed by atoms with Crippen LogP contribution in [0, 0.1) is 0 Å². The van der Waals surface area contributed by atoms with Crippen molar-refractivity contribution in [2.24, 2.45) is 0 Å². The van der Waals surface area contributed by atoms with Gasteiger partial charge in [-0.2, -0.15) is 12.6 Å². The summed E-state index contributed by atoms with van der Waals surface area (Å²) >= 11 is 4.21. The van der Waals surface area contributed by atoms with Crippen LogP contribution in [0.2, 0.25) is 0 Å². The summed E-state index contributed by atoms with van der Waals surface area (Å²) in [5, 5.41) is 2.24. The Kier molecular flexibility index (Phi) is 2.56. The third kappa shape index (κ3) is 1.53. The van der Waals surface area contributed by atoms with Crippen LogP contribution >= 0.6 is 12.6 Å². The highest BCUT2D eigenvalue weighted by molar-refractivity contribution is 7.80. The molecule has 1 heterocycles. The molecular formula is C14H13NOS. The van der Waals surface area contributed by atoms with E-state index in [1.54, 1.807) is 0 Å². The molecule has 1 amide bonds. The van der Waals surface area contributed by atoms with E-state index in [2.05, 4.69) is 24.8 Å². The SMILES string of the molecule is O=C1c2cccc3cccc(c23)N1CCCS. The average molecular weight is 243 g/mol. The molecule has 3 rings (SSSR count). The van der Waals surface area contributed by atoms with Gasteiger partial charge in [0.2, 0.25) is 0 Å². The lowest BCUT2D eigenvalue weighted by molar-refractivity contribution is 0.0993. The molecule has 2 aromatic rings. The van der Waals surface area contributed by atoms with Gasteiger partial charge in [-0.15, -0.1) is 0 Å². The molecule has 0 unspecified atom stereocenters. The molecule has 0 bridgehead atoms. The molecule has 3 heteroatoms. The predicted octanol–water partition coefficient (Wildman–Crippen LogP) is 3.12. The van der Waals surface area contributed by atoms with Crippen LogP contribution in [0.15, 0.2) is 36.4 Å². The fourth-order valence-corrected chi connectivity index (χ4v) is 2.57. The van der Waals surface area contributed by atoms with Crippen LogP contribution in [0.3, 0.4) is 0 Å². The second kappa shape index (κ2) is 4.08. The van der Waals surface area contributed by atoms with Crippen LogP contribution < -0.4 is 4.90 Å². The lowest BCUT2D eigenvalue weighted by atomic mass is 10.1. The summed E-state index contributed by atoms with van der Waals surface area (Å²) in [6, 6.07) is 12.0. The Hall–Kier alpha value is -1.48. The zero-order chi connectivity index (χ0) is 11.8. The van der Waals surface area contributed by atoms with E-state index in [1.165, 1.54) is 0 Å². The number of anilines is 1. The van der Waals surface area contributed by atoms with Gasteiger partial charge in [-0.1, -0.05) is 24.3 Å². The smallest absolute Gasteiger partial charge is 0.258 e. The lowest BCUT2D eigenvalue weighted by Crippen LogP contribution is -2.27. The predicted molar refractivity (Wildman–Crippen MR) is 74.1 cm³/mol. The Morgan fingerprint density at radius 1 is 1.12 bits per heavy atom. The second-order valence-corrected chi connectivity index (χ2v) is 4.66. The average Bonchev–Trinajstić information content (AvgIpc) is 2.64. The van der Waals surface area contributed by atoms with Crippen molar-refractivity contribution in [1.29, 1.82) is 0 Å². The highest BCUT2D eigenvalue weighted by Gasteiger charge is 2.28. The number of nitrogens with zero attached hydrogens (tertiary/aromatic N) is 1. The molecule has 0 radical (unpaired) electrons. The van der Waals surface area contributed by atoms with Gasteiger partial charge >= 0.3 is 0 Å². The quantitative estimate of drug-likeness (QED) is 0.821. The summed E-state index contributed by atoms with van der Waals surface area (Å²) in [6.07, 6.45) is 0.916. The van der Waals surface area contributed by atoms with Gasteiger partial charge in [0, 0.05) is 17.5 Å². The first kappa shape index (κ1) is 10.7. The van der Waals surface area contributed by atoms with Gasteiger partial charge in [0.25, 0.3) is 5.91 Å². The molecule has 0 atom stereocenters. The van der Waals surface area contributed by atoms with Gasteiger partial charge in [0.05, 0.1) is 5.69 Å². The number of thiol groups is 1. The standard InChI is InChI=1S/C14H13NOS/c16-14-11-6-1-4-10-5-2-7-12(13(10)11)15(14)8-3-9-17/h1-2,4-7,17H,3,8-9H2. The van der Waals surface area contributed by atoms with E-state index in [-0.39, 0.29) is 5.91 Å². The van der Waals surface area contributed by atoms with Gasteiger partial charge in [0.1, 0.15) is 0 Å². The van der Waals surface area contributed by atoms with Gasteiger partial charge in [-0.25, -0.2) is 0 Å². The lowest BCUT2D eigenvalue weighted by Gasteiger charge is -2.16. The summed E-state index contributed by atoms with van der Waals surface area (Å²) in [4.78, 5) is 14.2. The second-order valence-electron chi connectivity index (χ2n) is 4.21. The summed E-state index contributed by atoms with van der Waals surface area (Å²) < 4.78 is 0. The van der Waals surface area contributed by atoms with Crippen molar-refractivity contribution in [3.05, 3.63) is 42.0 Å². The van der Waals surface area contributed by atoms with Gasteiger partial charge in [0.15, 0.2) is 0 Å². The van der Waals surface area contributed by atoms with Gasteiger partial charge in [-0.3, -0.25) is 4.79 Å². The van der Waals surface area contributed by atoms with Crippen molar-refractivity contribution in [2.45, 2.75) is 6.42 Å². The Bertz CT molecular complexity index is 589. The van der Waals surface area contributed by atoms with E-state index >= 15 is 0 Å². The number of amides is 1. The topological polar surface area (TPSA) is 20.3 Å². The maximum atomic E-state index is 12.3. The summed E-state index contributed by atoms with van der Waals surface area (Å²) in [5.74, 6) is 0.925. The molecule has 0 saturated carbocycles. The van der Waals surface area contributed by atoms with Crippen molar-refractivity contribution >= 4 is 35.0 Å². The number of carbonyl (C=O) groups excluding carboxylic acids is 1. The van der Waals surface area contributed by atoms with Crippen LogP contribution in [-0.2, 0) is 0 Å². The Morgan fingerprint density at radius 3 is 2.65 bits per heavy atom. The van der Waals surface area contributed by atoms with Crippen molar-refractivity contribution in [3.8, 4) is 0 Å². The van der Waals surface area contributed by atoms with E-state index in [0.717, 1.165) is 40.7 Å². The Morgan fingerprint density at radius 2 is 1.88 bits per heavy atom. The fraction of sp³-hybridized carbons (Fsp3) is 0.214. The number of benzene rings is 2. The largest absolute Gasteiger partial charge is 0.308 e. The van der Waals surface area contributed by atoms with Gasteiger partial charge < -0.3 is 4.90 Å². The normalized spacial score (nSPS) is 13.7. The van der Waals surface area contributed by atoms with E-state index in [4.69, 9.17) is 0 Å². The molecule has 1 aliphatic rings. The molecule has 0 spiro atoms. The first-order chi connectivity index (χ1) is 8.33. The van der Waals surface area contributed by atoms with E-state index in [0.29, 0.717) is 0 Å². The number of carbonyl (C=O) groups is 1. The first-order valence-corrected chi connectivity index (χ1v) is 6.40. The first-order valence-electron chi connectivity index (χ1n) is 5.77. The molecule has 0 fully saturated rings. The van der Waals surface area contributed by atoms with Crippen molar-refractivity contribution in [1.82, 2.24) is 0 Å². The molecule has 1 aliphatic heterocycles. The van der Waals surface area contributed by atoms with Crippen LogP contribution in [0.25, 0.3) is 10.8 Å². The number of rotatable bonds is 3. The third-order valence-electron chi connectivity index (χ3n) is 3.19. The van der Waals surface area contributed by atoms with Crippen molar-refractivity contribution < 1.29 is 4.79 Å². The zero-order valence-corrected chi connectivity index (χ0v) is 10.3. The molecule has 0 aromatic heterocycles. The van der Waals surface area contributed by atoms with Crippen LogP contribution in [-0.4, -0.2) is 18.2 Å². The Balaban J connectivity index is 2.17. The van der Waals surface area contributed by atoms with Crippen molar-refractivity contribution in [2.75, 3.05) is 17.2 Å². The minimum absolute atomic E-state index is 0.124. The van der Waals surface area contributed by atoms with E-state index < -0.39 is 0 Å². The van der Waals surface area contributed by atoms with Crippen LogP contribution in [0.5, 0.6) is 0 Å². The van der Waals surface area contributed by atoms with Crippen LogP contribution in [0.4, 0.5) is 5.69 Å². The highest BCUT2D eigenvalue weighted by atomic mass is 32.1. The third-order valence-corrected chi connectivity index (χ3v) is 3.51. The minimum Gasteiger partial charge on any atom is -0.308 e. The minimum atomic E-state index is 0.124. The number of hydrogen-bond acceptors (Lipinski definition) is 2. The van der Waals surface area contributed by atoms with E-state index in [1.807, 2.05) is 29.2 Å². The maximum absolute atomic E-state index is 12.3. The maximum Gasteiger partial charge on any atom is 0.258 e. The van der Waals surface area contributed by atoms with Crippen LogP contribution in [0.1, 0.15) is 16.8 Å². The van der Waals surface area contributed by atoms with Gasteiger partial charge in [-0.05, 0) is 29.7 Å². The molecule has 2 aromatic carbocycles. The molecule has 0 saturated heterocycles. The molecule has 0 N–H and O–H groups in total. The fourth-order valence-electron chi connectivity index (χ4n) is 2.43. The summed E-state index contributed by atoms with van der Waals surface area (Å²) in [7, 11) is 0. The molecule has 0 aliphatic carbocycles. The monoisotopic (exact) mass is 243 g/mol. The zero-order valence-electron chi connectivity index (χ0n) is 9.39. The molecule has 17 heavy (non-hydrogen) atoms. The summed E-state index contributed by atoms with van der Waals surface area (Å²) in [6.45, 7) is 0.746. The Labute approximate surface area is 106 Å². The number of hydrogen-bond donors (Lipinski definition) is 1. The molecular weight excluding hydrogens is 230 g/mol. The summed E-state index contributed by atoms with van der Waals surface area (Å²) in [5.41, 5.74) is 1.88. The molecule has 86 valence electrons. The van der Waals surface area contributed by atoms with E-state index in [9.17, 15) is 4.79 Å². The van der Waals surface area contributed by atoms with Crippen molar-refractivity contribution in [3.63, 3.8) is 0 Å².